The minimum atomic E-state index is -0.981. The van der Waals surface area contributed by atoms with Gasteiger partial charge in [-0.25, -0.2) is 4.79 Å². The number of nitrogens with zero attached hydrogens (tertiary/aromatic N) is 1. The largest absolute Gasteiger partial charge is 0.479 e. The SMILES string of the molecule is Cc1n[nH]c(C)c1-c1ccc(OC(C)C(=O)O)cc1. The molecule has 0 saturated carbocycles. The van der Waals surface area contributed by atoms with Crippen LogP contribution in [0.15, 0.2) is 24.3 Å². The Morgan fingerprint density at radius 3 is 2.42 bits per heavy atom. The molecule has 5 heteroatoms. The number of aromatic nitrogens is 2. The zero-order valence-electron chi connectivity index (χ0n) is 11.1. The van der Waals surface area contributed by atoms with Gasteiger partial charge >= 0.3 is 5.97 Å². The summed E-state index contributed by atoms with van der Waals surface area (Å²) in [7, 11) is 0. The molecule has 2 rings (SSSR count). The molecule has 1 heterocycles. The van der Waals surface area contributed by atoms with Gasteiger partial charge in [-0.1, -0.05) is 12.1 Å². The molecule has 100 valence electrons. The van der Waals surface area contributed by atoms with Crippen LogP contribution in [0.25, 0.3) is 11.1 Å². The first-order valence-corrected chi connectivity index (χ1v) is 6.00. The van der Waals surface area contributed by atoms with Crippen molar-refractivity contribution in [3.05, 3.63) is 35.7 Å². The maximum absolute atomic E-state index is 10.7. The van der Waals surface area contributed by atoms with Crippen LogP contribution < -0.4 is 4.74 Å². The van der Waals surface area contributed by atoms with Gasteiger partial charge in [0.2, 0.25) is 0 Å². The molecule has 2 N–H and O–H groups in total. The van der Waals surface area contributed by atoms with Crippen LogP contribution in [0.3, 0.4) is 0 Å². The Morgan fingerprint density at radius 1 is 1.32 bits per heavy atom. The predicted octanol–water partition coefficient (Wildman–Crippen LogP) is 2.55. The van der Waals surface area contributed by atoms with Crippen LogP contribution in [0, 0.1) is 13.8 Å². The average molecular weight is 260 g/mol. The molecule has 0 fully saturated rings. The Hall–Kier alpha value is -2.30. The normalized spacial score (nSPS) is 12.2. The van der Waals surface area contributed by atoms with Crippen LogP contribution in [0.1, 0.15) is 18.3 Å². The minimum Gasteiger partial charge on any atom is -0.479 e. The molecule has 0 bridgehead atoms. The molecule has 1 atom stereocenters. The number of H-pyrrole nitrogens is 1. The van der Waals surface area contributed by atoms with Gasteiger partial charge in [0.25, 0.3) is 0 Å². The third-order valence-electron chi connectivity index (χ3n) is 2.93. The summed E-state index contributed by atoms with van der Waals surface area (Å²) in [6.45, 7) is 5.41. The highest BCUT2D eigenvalue weighted by molar-refractivity contribution is 5.72. The molecule has 1 aromatic heterocycles. The number of carbonyl (C=O) groups is 1. The van der Waals surface area contributed by atoms with Crippen molar-refractivity contribution in [3.63, 3.8) is 0 Å². The second kappa shape index (κ2) is 5.14. The van der Waals surface area contributed by atoms with Gasteiger partial charge in [-0.2, -0.15) is 5.10 Å². The summed E-state index contributed by atoms with van der Waals surface area (Å²) in [5.41, 5.74) is 4.03. The highest BCUT2D eigenvalue weighted by Crippen LogP contribution is 2.27. The van der Waals surface area contributed by atoms with Crippen LogP contribution in [0.4, 0.5) is 0 Å². The Bertz CT molecular complexity index is 568. The molecule has 0 aliphatic heterocycles. The van der Waals surface area contributed by atoms with Crippen molar-refractivity contribution >= 4 is 5.97 Å². The van der Waals surface area contributed by atoms with Crippen molar-refractivity contribution in [2.24, 2.45) is 0 Å². The molecule has 0 radical (unpaired) electrons. The third kappa shape index (κ3) is 2.76. The van der Waals surface area contributed by atoms with Crippen molar-refractivity contribution in [3.8, 4) is 16.9 Å². The number of nitrogens with one attached hydrogen (secondary N) is 1. The predicted molar refractivity (Wildman–Crippen MR) is 71.2 cm³/mol. The van der Waals surface area contributed by atoms with Crippen LogP contribution in [0.5, 0.6) is 5.75 Å². The number of aromatic amines is 1. The smallest absolute Gasteiger partial charge is 0.344 e. The van der Waals surface area contributed by atoms with Crippen molar-refractivity contribution in [1.82, 2.24) is 10.2 Å². The molecule has 19 heavy (non-hydrogen) atoms. The van der Waals surface area contributed by atoms with Gasteiger partial charge in [-0.15, -0.1) is 0 Å². The number of carboxylic acid groups (broad SMARTS) is 1. The van der Waals surface area contributed by atoms with Crippen molar-refractivity contribution in [1.29, 1.82) is 0 Å². The van der Waals surface area contributed by atoms with Gasteiger partial charge in [0.15, 0.2) is 6.10 Å². The quantitative estimate of drug-likeness (QED) is 0.885. The Labute approximate surface area is 111 Å². The van der Waals surface area contributed by atoms with Gasteiger partial charge in [-0.05, 0) is 38.5 Å². The van der Waals surface area contributed by atoms with Crippen LogP contribution >= 0.6 is 0 Å². The summed E-state index contributed by atoms with van der Waals surface area (Å²) in [6.07, 6.45) is -0.858. The lowest BCUT2D eigenvalue weighted by atomic mass is 10.0. The summed E-state index contributed by atoms with van der Waals surface area (Å²) < 4.78 is 5.29. The molecule has 0 amide bonds. The summed E-state index contributed by atoms with van der Waals surface area (Å²) in [4.78, 5) is 10.7. The number of benzene rings is 1. The van der Waals surface area contributed by atoms with E-state index in [1.807, 2.05) is 26.0 Å². The molecule has 5 nitrogen and oxygen atoms in total. The first-order chi connectivity index (χ1) is 8.99. The lowest BCUT2D eigenvalue weighted by Crippen LogP contribution is -2.22. The second-order valence-corrected chi connectivity index (χ2v) is 4.43. The summed E-state index contributed by atoms with van der Waals surface area (Å²) in [5, 5.41) is 15.9. The number of ether oxygens (including phenoxy) is 1. The molecule has 0 aliphatic carbocycles. The number of hydrogen-bond acceptors (Lipinski definition) is 3. The third-order valence-corrected chi connectivity index (χ3v) is 2.93. The van der Waals surface area contributed by atoms with E-state index in [1.165, 1.54) is 6.92 Å². The number of aryl methyl sites for hydroxylation is 2. The maximum Gasteiger partial charge on any atom is 0.344 e. The fourth-order valence-corrected chi connectivity index (χ4v) is 1.93. The fraction of sp³-hybridized carbons (Fsp3) is 0.286. The molecular weight excluding hydrogens is 244 g/mol. The number of hydrogen-bond donors (Lipinski definition) is 2. The van der Waals surface area contributed by atoms with Crippen LogP contribution in [-0.4, -0.2) is 27.4 Å². The molecule has 0 aliphatic rings. The Morgan fingerprint density at radius 2 is 1.95 bits per heavy atom. The van der Waals surface area contributed by atoms with Crippen molar-refractivity contribution in [2.45, 2.75) is 26.9 Å². The Kier molecular flexibility index (Phi) is 3.55. The molecule has 0 saturated heterocycles. The van der Waals surface area contributed by atoms with Crippen molar-refractivity contribution in [2.75, 3.05) is 0 Å². The van der Waals surface area contributed by atoms with E-state index in [2.05, 4.69) is 10.2 Å². The minimum absolute atomic E-state index is 0.539. The van der Waals surface area contributed by atoms with Crippen LogP contribution in [0.2, 0.25) is 0 Å². The van der Waals surface area contributed by atoms with Gasteiger partial charge in [0, 0.05) is 11.3 Å². The van der Waals surface area contributed by atoms with E-state index in [4.69, 9.17) is 9.84 Å². The number of aliphatic carboxylic acids is 1. The van der Waals surface area contributed by atoms with E-state index in [0.717, 1.165) is 22.5 Å². The van der Waals surface area contributed by atoms with E-state index in [0.29, 0.717) is 5.75 Å². The van der Waals surface area contributed by atoms with Crippen LogP contribution in [-0.2, 0) is 4.79 Å². The lowest BCUT2D eigenvalue weighted by molar-refractivity contribution is -0.144. The van der Waals surface area contributed by atoms with Gasteiger partial charge in [0.05, 0.1) is 5.69 Å². The Balaban J connectivity index is 2.22. The van der Waals surface area contributed by atoms with E-state index < -0.39 is 12.1 Å². The average Bonchev–Trinajstić information content (AvgIpc) is 2.70. The van der Waals surface area contributed by atoms with Crippen molar-refractivity contribution < 1.29 is 14.6 Å². The first-order valence-electron chi connectivity index (χ1n) is 6.00. The van der Waals surface area contributed by atoms with E-state index in [1.54, 1.807) is 12.1 Å². The zero-order valence-corrected chi connectivity index (χ0v) is 11.1. The zero-order chi connectivity index (χ0) is 14.0. The summed E-state index contributed by atoms with van der Waals surface area (Å²) in [6, 6.07) is 7.32. The molecular formula is C14H16N2O3. The summed E-state index contributed by atoms with van der Waals surface area (Å²) >= 11 is 0. The highest BCUT2D eigenvalue weighted by Gasteiger charge is 2.13. The number of carboxylic acids is 1. The van der Waals surface area contributed by atoms with E-state index >= 15 is 0 Å². The van der Waals surface area contributed by atoms with E-state index in [9.17, 15) is 4.79 Å². The first kappa shape index (κ1) is 13.1. The van der Waals surface area contributed by atoms with Gasteiger partial charge in [0.1, 0.15) is 5.75 Å². The molecule has 2 aromatic rings. The topological polar surface area (TPSA) is 75.2 Å². The molecule has 0 spiro atoms. The van der Waals surface area contributed by atoms with Gasteiger partial charge < -0.3 is 9.84 Å². The molecule has 1 unspecified atom stereocenters. The second-order valence-electron chi connectivity index (χ2n) is 4.43. The van der Waals surface area contributed by atoms with Gasteiger partial charge in [-0.3, -0.25) is 5.10 Å². The maximum atomic E-state index is 10.7. The summed E-state index contributed by atoms with van der Waals surface area (Å²) in [5.74, 6) is -0.442. The molecule has 1 aromatic carbocycles. The monoisotopic (exact) mass is 260 g/mol. The van der Waals surface area contributed by atoms with E-state index in [-0.39, 0.29) is 0 Å². The highest BCUT2D eigenvalue weighted by atomic mass is 16.5. The lowest BCUT2D eigenvalue weighted by Gasteiger charge is -2.10. The number of rotatable bonds is 4. The fourth-order valence-electron chi connectivity index (χ4n) is 1.93. The standard InChI is InChI=1S/C14H16N2O3/c1-8-13(9(2)16-15-8)11-4-6-12(7-5-11)19-10(3)14(17)18/h4-7,10H,1-3H3,(H,15,16)(H,17,18).